The molecule has 0 saturated carbocycles. The highest BCUT2D eigenvalue weighted by Gasteiger charge is 2.34. The highest BCUT2D eigenvalue weighted by Crippen LogP contribution is 2.42. The van der Waals surface area contributed by atoms with E-state index in [2.05, 4.69) is 29.1 Å². The maximum absolute atomic E-state index is 12.7. The van der Waals surface area contributed by atoms with E-state index in [0.29, 0.717) is 17.4 Å². The number of rotatable bonds is 4. The third-order valence-corrected chi connectivity index (χ3v) is 5.73. The standard InChI is InChI=1S/C19H20N4OS/c1-19(2)8-5-15-16(19)21-18(25-15)22-17(24)14-4-3-11-23(14)12-13-6-9-20-10-7-13/h3-4,6-7,9-11H,5,8,12H2,1-2H3,(H,21,22,24). The van der Waals surface area contributed by atoms with E-state index in [0.717, 1.165) is 24.1 Å². The van der Waals surface area contributed by atoms with Crippen LogP contribution in [-0.4, -0.2) is 20.4 Å². The highest BCUT2D eigenvalue weighted by molar-refractivity contribution is 7.16. The Morgan fingerprint density at radius 2 is 2.12 bits per heavy atom. The third kappa shape index (κ3) is 3.09. The zero-order valence-corrected chi connectivity index (χ0v) is 15.1. The number of amides is 1. The number of thiazole rings is 1. The van der Waals surface area contributed by atoms with Crippen LogP contribution >= 0.6 is 11.3 Å². The maximum Gasteiger partial charge on any atom is 0.274 e. The van der Waals surface area contributed by atoms with E-state index in [1.54, 1.807) is 23.7 Å². The number of carbonyl (C=O) groups is 1. The molecule has 1 N–H and O–H groups in total. The lowest BCUT2D eigenvalue weighted by Gasteiger charge is -2.15. The van der Waals surface area contributed by atoms with Gasteiger partial charge in [0, 0.05) is 35.4 Å². The second kappa shape index (κ2) is 6.11. The number of anilines is 1. The van der Waals surface area contributed by atoms with Crippen LogP contribution in [-0.2, 0) is 18.4 Å². The van der Waals surface area contributed by atoms with Crippen LogP contribution in [0, 0.1) is 0 Å². The quantitative estimate of drug-likeness (QED) is 0.775. The second-order valence-corrected chi connectivity index (χ2v) is 8.09. The summed E-state index contributed by atoms with van der Waals surface area (Å²) in [6.45, 7) is 5.06. The molecular weight excluding hydrogens is 332 g/mol. The van der Waals surface area contributed by atoms with E-state index in [-0.39, 0.29) is 11.3 Å². The molecule has 0 radical (unpaired) electrons. The SMILES string of the molecule is CC1(C)CCc2sc(NC(=O)c3cccn3Cc3ccncc3)nc21. The maximum atomic E-state index is 12.7. The molecule has 0 unspecified atom stereocenters. The summed E-state index contributed by atoms with van der Waals surface area (Å²) in [7, 11) is 0. The van der Waals surface area contributed by atoms with Gasteiger partial charge in [-0.15, -0.1) is 11.3 Å². The minimum atomic E-state index is -0.121. The third-order valence-electron chi connectivity index (χ3n) is 4.70. The summed E-state index contributed by atoms with van der Waals surface area (Å²) < 4.78 is 1.94. The zero-order valence-electron chi connectivity index (χ0n) is 14.3. The molecule has 1 amide bonds. The van der Waals surface area contributed by atoms with Gasteiger partial charge in [-0.25, -0.2) is 4.98 Å². The molecule has 3 aromatic rings. The summed E-state index contributed by atoms with van der Waals surface area (Å²) in [6, 6.07) is 7.63. The molecule has 1 aliphatic carbocycles. The van der Waals surface area contributed by atoms with Crippen LogP contribution in [0.15, 0.2) is 42.9 Å². The van der Waals surface area contributed by atoms with Crippen LogP contribution in [0.3, 0.4) is 0 Å². The molecule has 0 fully saturated rings. The van der Waals surface area contributed by atoms with Gasteiger partial charge < -0.3 is 4.57 Å². The summed E-state index contributed by atoms with van der Waals surface area (Å²) in [4.78, 5) is 22.7. The van der Waals surface area contributed by atoms with E-state index in [1.807, 2.05) is 35.0 Å². The average molecular weight is 352 g/mol. The van der Waals surface area contributed by atoms with Gasteiger partial charge in [0.1, 0.15) is 5.69 Å². The number of pyridine rings is 1. The van der Waals surface area contributed by atoms with Gasteiger partial charge in [0.05, 0.1) is 5.69 Å². The Labute approximate surface area is 150 Å². The number of nitrogens with zero attached hydrogens (tertiary/aromatic N) is 3. The predicted molar refractivity (Wildman–Crippen MR) is 99.2 cm³/mol. The molecule has 0 bridgehead atoms. The summed E-state index contributed by atoms with van der Waals surface area (Å²) in [5.74, 6) is -0.121. The smallest absolute Gasteiger partial charge is 0.274 e. The van der Waals surface area contributed by atoms with Crippen molar-refractivity contribution in [3.05, 3.63) is 64.7 Å². The number of aromatic nitrogens is 3. The first-order valence-corrected chi connectivity index (χ1v) is 9.20. The van der Waals surface area contributed by atoms with Crippen molar-refractivity contribution >= 4 is 22.4 Å². The topological polar surface area (TPSA) is 59.8 Å². The monoisotopic (exact) mass is 352 g/mol. The Balaban J connectivity index is 1.52. The van der Waals surface area contributed by atoms with E-state index in [1.165, 1.54) is 4.88 Å². The summed E-state index contributed by atoms with van der Waals surface area (Å²) in [5, 5.41) is 3.67. The molecule has 6 heteroatoms. The van der Waals surface area contributed by atoms with Gasteiger partial charge in [0.25, 0.3) is 5.91 Å². The lowest BCUT2D eigenvalue weighted by molar-refractivity contribution is 0.101. The van der Waals surface area contributed by atoms with Crippen LogP contribution in [0.4, 0.5) is 5.13 Å². The Hall–Kier alpha value is -2.47. The van der Waals surface area contributed by atoms with Crippen LogP contribution < -0.4 is 5.32 Å². The molecule has 0 aromatic carbocycles. The minimum absolute atomic E-state index is 0.108. The van der Waals surface area contributed by atoms with Crippen molar-refractivity contribution in [2.75, 3.05) is 5.32 Å². The van der Waals surface area contributed by atoms with Crippen LogP contribution in [0.25, 0.3) is 0 Å². The Morgan fingerprint density at radius 1 is 1.32 bits per heavy atom. The number of aryl methyl sites for hydroxylation is 1. The lowest BCUT2D eigenvalue weighted by atomic mass is 9.91. The van der Waals surface area contributed by atoms with Crippen LogP contribution in [0.5, 0.6) is 0 Å². The number of fused-ring (bicyclic) bond motifs is 1. The van der Waals surface area contributed by atoms with Crippen molar-refractivity contribution in [3.8, 4) is 0 Å². The Bertz CT molecular complexity index is 911. The van der Waals surface area contributed by atoms with Gasteiger partial charge in [-0.2, -0.15) is 0 Å². The fraction of sp³-hybridized carbons (Fsp3) is 0.316. The first-order valence-electron chi connectivity index (χ1n) is 8.38. The molecular formula is C19H20N4OS. The molecule has 3 heterocycles. The first-order chi connectivity index (χ1) is 12.0. The number of hydrogen-bond acceptors (Lipinski definition) is 4. The predicted octanol–water partition coefficient (Wildman–Crippen LogP) is 3.86. The zero-order chi connectivity index (χ0) is 17.4. The van der Waals surface area contributed by atoms with E-state index in [4.69, 9.17) is 0 Å². The van der Waals surface area contributed by atoms with Gasteiger partial charge in [-0.05, 0) is 42.7 Å². The average Bonchev–Trinajstić information content (AvgIpc) is 3.26. The Morgan fingerprint density at radius 3 is 2.88 bits per heavy atom. The number of hydrogen-bond donors (Lipinski definition) is 1. The van der Waals surface area contributed by atoms with Gasteiger partial charge in [0.2, 0.25) is 0 Å². The molecule has 3 aromatic heterocycles. The molecule has 4 rings (SSSR count). The van der Waals surface area contributed by atoms with Crippen molar-refractivity contribution < 1.29 is 4.79 Å². The van der Waals surface area contributed by atoms with Crippen LogP contribution in [0.2, 0.25) is 0 Å². The van der Waals surface area contributed by atoms with Crippen molar-refractivity contribution in [2.45, 2.75) is 38.6 Å². The summed E-state index contributed by atoms with van der Waals surface area (Å²) in [6.07, 6.45) is 7.62. The molecule has 0 spiro atoms. The second-order valence-electron chi connectivity index (χ2n) is 7.01. The van der Waals surface area contributed by atoms with Crippen molar-refractivity contribution in [3.63, 3.8) is 0 Å². The Kier molecular flexibility index (Phi) is 3.92. The largest absolute Gasteiger partial charge is 0.339 e. The molecule has 0 atom stereocenters. The normalized spacial score (nSPS) is 15.1. The van der Waals surface area contributed by atoms with Gasteiger partial charge in [-0.1, -0.05) is 13.8 Å². The lowest BCUT2D eigenvalue weighted by Crippen LogP contribution is -2.18. The molecule has 5 nitrogen and oxygen atoms in total. The molecule has 25 heavy (non-hydrogen) atoms. The molecule has 1 aliphatic rings. The van der Waals surface area contributed by atoms with Crippen molar-refractivity contribution in [2.24, 2.45) is 0 Å². The van der Waals surface area contributed by atoms with Crippen molar-refractivity contribution in [1.82, 2.24) is 14.5 Å². The highest BCUT2D eigenvalue weighted by atomic mass is 32.1. The first kappa shape index (κ1) is 16.0. The van der Waals surface area contributed by atoms with E-state index >= 15 is 0 Å². The van der Waals surface area contributed by atoms with Gasteiger partial charge in [0.15, 0.2) is 5.13 Å². The van der Waals surface area contributed by atoms with E-state index in [9.17, 15) is 4.79 Å². The number of carbonyl (C=O) groups excluding carboxylic acids is 1. The summed E-state index contributed by atoms with van der Waals surface area (Å²) >= 11 is 1.60. The van der Waals surface area contributed by atoms with Gasteiger partial charge in [-0.3, -0.25) is 15.1 Å². The molecule has 128 valence electrons. The molecule has 0 aliphatic heterocycles. The van der Waals surface area contributed by atoms with E-state index < -0.39 is 0 Å². The molecule has 0 saturated heterocycles. The number of nitrogens with one attached hydrogen (secondary N) is 1. The fourth-order valence-corrected chi connectivity index (χ4v) is 4.39. The van der Waals surface area contributed by atoms with Crippen LogP contribution in [0.1, 0.15) is 46.9 Å². The van der Waals surface area contributed by atoms with Gasteiger partial charge >= 0.3 is 0 Å². The minimum Gasteiger partial charge on any atom is -0.339 e. The fourth-order valence-electron chi connectivity index (χ4n) is 3.25. The summed E-state index contributed by atoms with van der Waals surface area (Å²) in [5.41, 5.74) is 2.98. The van der Waals surface area contributed by atoms with Crippen molar-refractivity contribution in [1.29, 1.82) is 0 Å².